The first-order valence-corrected chi connectivity index (χ1v) is 6.63. The molecule has 0 aliphatic carbocycles. The van der Waals surface area contributed by atoms with E-state index >= 15 is 0 Å². The Labute approximate surface area is 116 Å². The van der Waals surface area contributed by atoms with Crippen molar-refractivity contribution in [2.45, 2.75) is 19.4 Å². The second-order valence-electron chi connectivity index (χ2n) is 4.88. The highest BCUT2D eigenvalue weighted by molar-refractivity contribution is 5.82. The van der Waals surface area contributed by atoms with E-state index in [-0.39, 0.29) is 11.9 Å². The maximum absolute atomic E-state index is 11.6. The third-order valence-corrected chi connectivity index (χ3v) is 3.29. The molecule has 1 amide bonds. The van der Waals surface area contributed by atoms with Crippen LogP contribution in [-0.2, 0) is 11.2 Å². The van der Waals surface area contributed by atoms with Crippen LogP contribution in [0.25, 0.3) is 11.4 Å². The summed E-state index contributed by atoms with van der Waals surface area (Å²) in [6.07, 6.45) is 0.407. The molecule has 1 fully saturated rings. The van der Waals surface area contributed by atoms with E-state index in [1.165, 1.54) is 5.56 Å². The molecule has 0 bridgehead atoms. The predicted octanol–water partition coefficient (Wildman–Crippen LogP) is 0.676. The van der Waals surface area contributed by atoms with Crippen LogP contribution >= 0.6 is 0 Å². The summed E-state index contributed by atoms with van der Waals surface area (Å²) in [6.45, 7) is 3.45. The van der Waals surface area contributed by atoms with E-state index in [9.17, 15) is 4.79 Å². The molecule has 0 spiro atoms. The fraction of sp³-hybridized carbons (Fsp3) is 0.357. The number of aryl methyl sites for hydroxylation is 1. The lowest BCUT2D eigenvalue weighted by atomic mass is 10.1. The van der Waals surface area contributed by atoms with Gasteiger partial charge in [0.15, 0.2) is 0 Å². The summed E-state index contributed by atoms with van der Waals surface area (Å²) in [5.74, 6) is 0.998. The lowest BCUT2D eigenvalue weighted by molar-refractivity contribution is -0.124. The molecule has 6 nitrogen and oxygen atoms in total. The molecule has 104 valence electrons. The summed E-state index contributed by atoms with van der Waals surface area (Å²) in [6, 6.07) is 7.61. The Morgan fingerprint density at radius 3 is 2.85 bits per heavy atom. The first kappa shape index (κ1) is 12.8. The first-order valence-electron chi connectivity index (χ1n) is 6.63. The Hall–Kier alpha value is -2.21. The van der Waals surface area contributed by atoms with Crippen molar-refractivity contribution >= 4 is 5.91 Å². The Bertz CT molecular complexity index is 606. The van der Waals surface area contributed by atoms with Gasteiger partial charge in [-0.3, -0.25) is 4.79 Å². The molecule has 1 aromatic heterocycles. The van der Waals surface area contributed by atoms with E-state index in [1.807, 2.05) is 31.2 Å². The van der Waals surface area contributed by atoms with Gasteiger partial charge in [-0.2, -0.15) is 4.98 Å². The van der Waals surface area contributed by atoms with Crippen molar-refractivity contribution in [2.24, 2.45) is 0 Å². The number of amides is 1. The molecular formula is C14H16N4O2. The van der Waals surface area contributed by atoms with Crippen LogP contribution in [0.4, 0.5) is 0 Å². The third-order valence-electron chi connectivity index (χ3n) is 3.29. The molecule has 1 atom stereocenters. The van der Waals surface area contributed by atoms with E-state index in [2.05, 4.69) is 20.8 Å². The second-order valence-corrected chi connectivity index (χ2v) is 4.88. The van der Waals surface area contributed by atoms with Gasteiger partial charge in [0.1, 0.15) is 0 Å². The minimum atomic E-state index is -0.296. The molecule has 1 unspecified atom stereocenters. The molecule has 2 heterocycles. The van der Waals surface area contributed by atoms with Gasteiger partial charge in [0.25, 0.3) is 0 Å². The van der Waals surface area contributed by atoms with E-state index in [4.69, 9.17) is 4.52 Å². The van der Waals surface area contributed by atoms with Crippen LogP contribution in [0.5, 0.6) is 0 Å². The average Bonchev–Trinajstić information content (AvgIpc) is 2.91. The molecule has 2 aromatic rings. The Morgan fingerprint density at radius 2 is 2.10 bits per heavy atom. The molecular weight excluding hydrogens is 256 g/mol. The number of nitrogens with one attached hydrogen (secondary N) is 2. The first-order chi connectivity index (χ1) is 9.72. The molecule has 0 radical (unpaired) electrons. The van der Waals surface area contributed by atoms with Crippen LogP contribution in [0.3, 0.4) is 0 Å². The lowest BCUT2D eigenvalue weighted by Gasteiger charge is -2.21. The number of hydrogen-bond acceptors (Lipinski definition) is 5. The van der Waals surface area contributed by atoms with E-state index in [1.54, 1.807) is 0 Å². The van der Waals surface area contributed by atoms with Crippen molar-refractivity contribution in [1.29, 1.82) is 0 Å². The molecule has 1 aliphatic heterocycles. The summed E-state index contributed by atoms with van der Waals surface area (Å²) in [7, 11) is 0. The highest BCUT2D eigenvalue weighted by Gasteiger charge is 2.24. The quantitative estimate of drug-likeness (QED) is 0.858. The maximum atomic E-state index is 11.6. The topological polar surface area (TPSA) is 80.0 Å². The maximum Gasteiger partial charge on any atom is 0.237 e. The largest absolute Gasteiger partial charge is 0.353 e. The normalized spacial score (nSPS) is 18.9. The van der Waals surface area contributed by atoms with Crippen LogP contribution < -0.4 is 10.6 Å². The van der Waals surface area contributed by atoms with E-state index < -0.39 is 0 Å². The highest BCUT2D eigenvalue weighted by atomic mass is 16.5. The van der Waals surface area contributed by atoms with Gasteiger partial charge in [0.05, 0.1) is 12.5 Å². The third kappa shape index (κ3) is 2.70. The Kier molecular flexibility index (Phi) is 3.47. The van der Waals surface area contributed by atoms with Crippen molar-refractivity contribution < 1.29 is 9.32 Å². The molecule has 2 N–H and O–H groups in total. The zero-order valence-electron chi connectivity index (χ0n) is 11.2. The molecule has 1 saturated heterocycles. The summed E-state index contributed by atoms with van der Waals surface area (Å²) in [5, 5.41) is 9.90. The van der Waals surface area contributed by atoms with Crippen molar-refractivity contribution in [3.63, 3.8) is 0 Å². The van der Waals surface area contributed by atoms with Crippen LogP contribution in [0.2, 0.25) is 0 Å². The summed E-state index contributed by atoms with van der Waals surface area (Å²) >= 11 is 0. The van der Waals surface area contributed by atoms with Crippen molar-refractivity contribution in [3.05, 3.63) is 35.7 Å². The number of nitrogens with zero attached hydrogens (tertiary/aromatic N) is 2. The van der Waals surface area contributed by atoms with Gasteiger partial charge in [0, 0.05) is 18.7 Å². The SMILES string of the molecule is Cc1ccc(-c2noc(CC3NCCNC3=O)n2)cc1. The highest BCUT2D eigenvalue weighted by Crippen LogP contribution is 2.16. The summed E-state index contributed by atoms with van der Waals surface area (Å²) in [4.78, 5) is 16.0. The minimum Gasteiger partial charge on any atom is -0.353 e. The molecule has 3 rings (SSSR count). The van der Waals surface area contributed by atoms with Gasteiger partial charge >= 0.3 is 0 Å². The van der Waals surface area contributed by atoms with Crippen molar-refractivity contribution in [1.82, 2.24) is 20.8 Å². The number of aromatic nitrogens is 2. The zero-order valence-corrected chi connectivity index (χ0v) is 11.2. The van der Waals surface area contributed by atoms with Gasteiger partial charge in [0.2, 0.25) is 17.6 Å². The average molecular weight is 272 g/mol. The molecule has 1 aliphatic rings. The zero-order chi connectivity index (χ0) is 13.9. The van der Waals surface area contributed by atoms with Crippen LogP contribution in [0.1, 0.15) is 11.5 Å². The molecule has 6 heteroatoms. The minimum absolute atomic E-state index is 0.0219. The number of rotatable bonds is 3. The van der Waals surface area contributed by atoms with E-state index in [0.717, 1.165) is 12.1 Å². The van der Waals surface area contributed by atoms with Gasteiger partial charge in [-0.05, 0) is 6.92 Å². The Morgan fingerprint density at radius 1 is 1.30 bits per heavy atom. The smallest absolute Gasteiger partial charge is 0.237 e. The lowest BCUT2D eigenvalue weighted by Crippen LogP contribution is -2.53. The molecule has 0 saturated carbocycles. The molecule has 20 heavy (non-hydrogen) atoms. The van der Waals surface area contributed by atoms with Crippen molar-refractivity contribution in [2.75, 3.05) is 13.1 Å². The van der Waals surface area contributed by atoms with Gasteiger partial charge < -0.3 is 15.2 Å². The number of benzene rings is 1. The standard InChI is InChI=1S/C14H16N4O2/c1-9-2-4-10(5-3-9)13-17-12(20-18-13)8-11-14(19)16-7-6-15-11/h2-5,11,15H,6-8H2,1H3,(H,16,19). The van der Waals surface area contributed by atoms with Gasteiger partial charge in [-0.1, -0.05) is 35.0 Å². The summed E-state index contributed by atoms with van der Waals surface area (Å²) in [5.41, 5.74) is 2.09. The van der Waals surface area contributed by atoms with Gasteiger partial charge in [-0.15, -0.1) is 0 Å². The van der Waals surface area contributed by atoms with Crippen LogP contribution in [0, 0.1) is 6.92 Å². The predicted molar refractivity (Wildman–Crippen MR) is 73.0 cm³/mol. The van der Waals surface area contributed by atoms with Crippen LogP contribution in [-0.4, -0.2) is 35.2 Å². The van der Waals surface area contributed by atoms with Crippen molar-refractivity contribution in [3.8, 4) is 11.4 Å². The number of hydrogen-bond donors (Lipinski definition) is 2. The van der Waals surface area contributed by atoms with Crippen LogP contribution in [0.15, 0.2) is 28.8 Å². The number of carbonyl (C=O) groups is 1. The fourth-order valence-electron chi connectivity index (χ4n) is 2.15. The second kappa shape index (κ2) is 5.42. The number of piperazine rings is 1. The Balaban J connectivity index is 1.73. The monoisotopic (exact) mass is 272 g/mol. The van der Waals surface area contributed by atoms with E-state index in [0.29, 0.717) is 24.7 Å². The number of carbonyl (C=O) groups excluding carboxylic acids is 1. The summed E-state index contributed by atoms with van der Waals surface area (Å²) < 4.78 is 5.22. The van der Waals surface area contributed by atoms with Gasteiger partial charge in [-0.25, -0.2) is 0 Å². The molecule has 1 aromatic carbocycles. The fourth-order valence-corrected chi connectivity index (χ4v) is 2.15.